The van der Waals surface area contributed by atoms with Gasteiger partial charge in [-0.3, -0.25) is 4.79 Å². The van der Waals surface area contributed by atoms with E-state index in [1.807, 2.05) is 0 Å². The average molecular weight is 237 g/mol. The second kappa shape index (κ2) is 3.91. The number of halogens is 1. The third-order valence-electron chi connectivity index (χ3n) is 3.01. The highest BCUT2D eigenvalue weighted by Crippen LogP contribution is 2.36. The molecule has 5 heteroatoms. The van der Waals surface area contributed by atoms with Crippen molar-refractivity contribution in [3.8, 4) is 11.5 Å². The van der Waals surface area contributed by atoms with Crippen molar-refractivity contribution in [1.29, 1.82) is 0 Å². The van der Waals surface area contributed by atoms with E-state index in [0.29, 0.717) is 11.4 Å². The van der Waals surface area contributed by atoms with E-state index in [-0.39, 0.29) is 24.4 Å². The van der Waals surface area contributed by atoms with Gasteiger partial charge in [-0.25, -0.2) is 4.39 Å². The fourth-order valence-corrected chi connectivity index (χ4v) is 1.84. The summed E-state index contributed by atoms with van der Waals surface area (Å²) in [6.45, 7) is -0.0741. The lowest BCUT2D eigenvalue weighted by Crippen LogP contribution is -2.27. The smallest absolute Gasteiger partial charge is 0.262 e. The third kappa shape index (κ3) is 1.92. The third-order valence-corrected chi connectivity index (χ3v) is 3.01. The number of carbonyl (C=O) groups is 1. The van der Waals surface area contributed by atoms with Crippen LogP contribution in [-0.2, 0) is 4.79 Å². The molecule has 1 N–H and O–H groups in total. The summed E-state index contributed by atoms with van der Waals surface area (Å²) in [5, 5.41) is 2.63. The molecule has 0 unspecified atom stereocenters. The number of fused-ring (bicyclic) bond motifs is 1. The molecule has 0 bridgehead atoms. The maximum absolute atomic E-state index is 13.7. The second-order valence-corrected chi connectivity index (χ2v) is 4.29. The minimum Gasteiger partial charge on any atom is -0.487 e. The zero-order valence-corrected chi connectivity index (χ0v) is 9.16. The summed E-state index contributed by atoms with van der Waals surface area (Å²) in [6, 6.07) is 2.74. The van der Waals surface area contributed by atoms with Crippen molar-refractivity contribution in [2.24, 2.45) is 0 Å². The lowest BCUT2D eigenvalue weighted by Gasteiger charge is -2.27. The molecule has 1 fully saturated rings. The van der Waals surface area contributed by atoms with Gasteiger partial charge in [-0.2, -0.15) is 0 Å². The van der Waals surface area contributed by atoms with Crippen LogP contribution in [0, 0.1) is 5.82 Å². The molecule has 0 aromatic heterocycles. The molecule has 4 nitrogen and oxygen atoms in total. The van der Waals surface area contributed by atoms with Gasteiger partial charge in [0.25, 0.3) is 5.91 Å². The van der Waals surface area contributed by atoms with E-state index in [9.17, 15) is 9.18 Å². The van der Waals surface area contributed by atoms with E-state index in [4.69, 9.17) is 9.47 Å². The maximum atomic E-state index is 13.7. The van der Waals surface area contributed by atoms with Gasteiger partial charge in [0.1, 0.15) is 5.75 Å². The highest BCUT2D eigenvalue weighted by atomic mass is 19.1. The topological polar surface area (TPSA) is 47.6 Å². The van der Waals surface area contributed by atoms with Gasteiger partial charge in [0, 0.05) is 12.1 Å². The molecule has 1 saturated carbocycles. The van der Waals surface area contributed by atoms with E-state index in [2.05, 4.69) is 5.32 Å². The molecule has 17 heavy (non-hydrogen) atoms. The van der Waals surface area contributed by atoms with Crippen molar-refractivity contribution in [2.45, 2.75) is 25.4 Å². The number of carbonyl (C=O) groups excluding carboxylic acids is 1. The monoisotopic (exact) mass is 237 g/mol. The quantitative estimate of drug-likeness (QED) is 0.856. The Morgan fingerprint density at radius 3 is 2.94 bits per heavy atom. The Morgan fingerprint density at radius 2 is 2.24 bits per heavy atom. The maximum Gasteiger partial charge on any atom is 0.262 e. The standard InChI is InChI=1S/C12H12FNO3/c13-8-4-11-9(14-12(15)6-16-11)5-10(8)17-7-2-1-3-7/h4-5,7H,1-3,6H2,(H,14,15). The van der Waals surface area contributed by atoms with Crippen LogP contribution in [0.25, 0.3) is 0 Å². The summed E-state index contributed by atoms with van der Waals surface area (Å²) in [5.74, 6) is -0.159. The lowest BCUT2D eigenvalue weighted by molar-refractivity contribution is -0.118. The van der Waals surface area contributed by atoms with Gasteiger partial charge >= 0.3 is 0 Å². The van der Waals surface area contributed by atoms with E-state index >= 15 is 0 Å². The van der Waals surface area contributed by atoms with Crippen molar-refractivity contribution in [3.05, 3.63) is 17.9 Å². The Morgan fingerprint density at radius 1 is 1.41 bits per heavy atom. The summed E-state index contributed by atoms with van der Waals surface area (Å²) in [5.41, 5.74) is 0.469. The number of amides is 1. The molecule has 3 rings (SSSR count). The number of hydrogen-bond acceptors (Lipinski definition) is 3. The van der Waals surface area contributed by atoms with Crippen molar-refractivity contribution in [2.75, 3.05) is 11.9 Å². The molecule has 1 aromatic carbocycles. The van der Waals surface area contributed by atoms with Crippen molar-refractivity contribution in [3.63, 3.8) is 0 Å². The molecule has 0 spiro atoms. The van der Waals surface area contributed by atoms with Gasteiger partial charge in [0.2, 0.25) is 0 Å². The number of benzene rings is 1. The van der Waals surface area contributed by atoms with Crippen molar-refractivity contribution in [1.82, 2.24) is 0 Å². The van der Waals surface area contributed by atoms with E-state index < -0.39 is 5.82 Å². The van der Waals surface area contributed by atoms with Crippen molar-refractivity contribution >= 4 is 11.6 Å². The number of hydrogen-bond donors (Lipinski definition) is 1. The molecule has 1 aliphatic heterocycles. The first kappa shape index (κ1) is 10.4. The highest BCUT2D eigenvalue weighted by Gasteiger charge is 2.23. The van der Waals surface area contributed by atoms with Crippen LogP contribution in [0.15, 0.2) is 12.1 Å². The lowest BCUT2D eigenvalue weighted by atomic mass is 9.96. The van der Waals surface area contributed by atoms with Crippen LogP contribution >= 0.6 is 0 Å². The Labute approximate surface area is 97.7 Å². The van der Waals surface area contributed by atoms with E-state index in [1.54, 1.807) is 0 Å². The Kier molecular flexibility index (Phi) is 2.39. The van der Waals surface area contributed by atoms with Crippen LogP contribution in [-0.4, -0.2) is 18.6 Å². The summed E-state index contributed by atoms with van der Waals surface area (Å²) < 4.78 is 24.3. The summed E-state index contributed by atoms with van der Waals surface area (Å²) in [7, 11) is 0. The molecule has 1 aliphatic carbocycles. The predicted octanol–water partition coefficient (Wildman–Crippen LogP) is 2.09. The molecule has 0 atom stereocenters. The molecular formula is C12H12FNO3. The SMILES string of the molecule is O=C1COc2cc(F)c(OC3CCC3)cc2N1. The largest absolute Gasteiger partial charge is 0.487 e. The Balaban J connectivity index is 1.88. The summed E-state index contributed by atoms with van der Waals surface area (Å²) in [6.07, 6.45) is 3.14. The Bertz CT molecular complexity index is 471. The first-order valence-electron chi connectivity index (χ1n) is 5.65. The van der Waals surface area contributed by atoms with Gasteiger partial charge in [-0.1, -0.05) is 0 Å². The normalized spacial score (nSPS) is 18.8. The average Bonchev–Trinajstić information content (AvgIpc) is 2.24. The van der Waals surface area contributed by atoms with Gasteiger partial charge in [0.05, 0.1) is 11.8 Å². The number of ether oxygens (including phenoxy) is 2. The molecule has 0 radical (unpaired) electrons. The second-order valence-electron chi connectivity index (χ2n) is 4.29. The van der Waals surface area contributed by atoms with E-state index in [0.717, 1.165) is 19.3 Å². The van der Waals surface area contributed by atoms with Gasteiger partial charge in [-0.05, 0) is 19.3 Å². The summed E-state index contributed by atoms with van der Waals surface area (Å²) >= 11 is 0. The fraction of sp³-hybridized carbons (Fsp3) is 0.417. The number of rotatable bonds is 2. The molecule has 0 saturated heterocycles. The van der Waals surface area contributed by atoms with Crippen LogP contribution in [0.4, 0.5) is 10.1 Å². The molecule has 1 heterocycles. The Hall–Kier alpha value is -1.78. The number of nitrogens with one attached hydrogen (secondary N) is 1. The number of anilines is 1. The fourth-order valence-electron chi connectivity index (χ4n) is 1.84. The predicted molar refractivity (Wildman–Crippen MR) is 58.8 cm³/mol. The van der Waals surface area contributed by atoms with Crippen molar-refractivity contribution < 1.29 is 18.7 Å². The zero-order valence-electron chi connectivity index (χ0n) is 9.16. The molecule has 90 valence electrons. The van der Waals surface area contributed by atoms with Crippen LogP contribution in [0.3, 0.4) is 0 Å². The first-order valence-corrected chi connectivity index (χ1v) is 5.65. The summed E-state index contributed by atoms with van der Waals surface area (Å²) in [4.78, 5) is 11.1. The first-order chi connectivity index (χ1) is 8.22. The van der Waals surface area contributed by atoms with Crippen LogP contribution in [0.2, 0.25) is 0 Å². The molecule has 1 aromatic rings. The van der Waals surface area contributed by atoms with Gasteiger partial charge in [-0.15, -0.1) is 0 Å². The molecule has 2 aliphatic rings. The van der Waals surface area contributed by atoms with Crippen LogP contribution in [0.5, 0.6) is 11.5 Å². The van der Waals surface area contributed by atoms with E-state index in [1.165, 1.54) is 12.1 Å². The van der Waals surface area contributed by atoms with Crippen LogP contribution < -0.4 is 14.8 Å². The molecule has 1 amide bonds. The van der Waals surface area contributed by atoms with Gasteiger partial charge in [0.15, 0.2) is 18.2 Å². The van der Waals surface area contributed by atoms with Gasteiger partial charge < -0.3 is 14.8 Å². The zero-order chi connectivity index (χ0) is 11.8. The highest BCUT2D eigenvalue weighted by molar-refractivity contribution is 5.95. The molecular weight excluding hydrogens is 225 g/mol. The van der Waals surface area contributed by atoms with Crippen LogP contribution in [0.1, 0.15) is 19.3 Å². The minimum absolute atomic E-state index is 0.0741. The minimum atomic E-state index is -0.452.